The third kappa shape index (κ3) is 5.46. The molecule has 35 heavy (non-hydrogen) atoms. The second-order valence-corrected chi connectivity index (χ2v) is 8.92. The molecule has 0 atom stereocenters. The average molecular weight is 502 g/mol. The van der Waals surface area contributed by atoms with E-state index in [-0.39, 0.29) is 0 Å². The second kappa shape index (κ2) is 10.2. The summed E-state index contributed by atoms with van der Waals surface area (Å²) in [5.41, 5.74) is 7.23. The molecule has 0 spiro atoms. The fourth-order valence-corrected chi connectivity index (χ4v) is 4.03. The Bertz CT molecular complexity index is 1520. The number of hydrazine groups is 1. The number of aromatic nitrogens is 1. The van der Waals surface area contributed by atoms with Crippen LogP contribution in [-0.2, 0) is 0 Å². The van der Waals surface area contributed by atoms with Crippen molar-refractivity contribution in [3.63, 3.8) is 0 Å². The molecule has 0 fully saturated rings. The number of hydrogen-bond acceptors (Lipinski definition) is 3. The largest absolute Gasteiger partial charge is 0.273 e. The zero-order valence-electron chi connectivity index (χ0n) is 19.3. The topological polar surface area (TPSA) is 62.3 Å². The minimum atomic E-state index is -0.435. The standard InChI is InChI=1S/C28H21Cl2N3O2/c1-17-7-9-21(27(34)32-33(3)28(35)26-18(2)5-4-6-24(26)30)14-20(17)10-8-19-13-22-15-23(29)11-12-25(22)31-16-19/h4-7,9,11-16H,1-3H3,(H,32,34). The van der Waals surface area contributed by atoms with Gasteiger partial charge in [-0.2, -0.15) is 0 Å². The summed E-state index contributed by atoms with van der Waals surface area (Å²) in [7, 11) is 1.48. The molecule has 1 N–H and O–H groups in total. The molecule has 0 aliphatic rings. The number of carbonyl (C=O) groups is 2. The zero-order valence-corrected chi connectivity index (χ0v) is 20.8. The number of pyridine rings is 1. The number of nitrogens with zero attached hydrogens (tertiary/aromatic N) is 2. The van der Waals surface area contributed by atoms with Crippen LogP contribution in [0.3, 0.4) is 0 Å². The molecular formula is C28H21Cl2N3O2. The maximum Gasteiger partial charge on any atom is 0.273 e. The molecule has 5 nitrogen and oxygen atoms in total. The molecule has 2 amide bonds. The Hall–Kier alpha value is -3.85. The predicted molar refractivity (Wildman–Crippen MR) is 140 cm³/mol. The van der Waals surface area contributed by atoms with E-state index in [1.165, 1.54) is 7.05 Å². The Morgan fingerprint density at radius 2 is 1.74 bits per heavy atom. The molecule has 4 aromatic rings. The van der Waals surface area contributed by atoms with Gasteiger partial charge in [0.25, 0.3) is 11.8 Å². The predicted octanol–water partition coefficient (Wildman–Crippen LogP) is 5.98. The Morgan fingerprint density at radius 1 is 0.943 bits per heavy atom. The van der Waals surface area contributed by atoms with Gasteiger partial charge in [-0.05, 0) is 67.4 Å². The van der Waals surface area contributed by atoms with Crippen molar-refractivity contribution in [3.8, 4) is 11.8 Å². The Labute approximate surface area is 213 Å². The van der Waals surface area contributed by atoms with Crippen LogP contribution in [0, 0.1) is 25.7 Å². The first-order valence-electron chi connectivity index (χ1n) is 10.7. The number of halogens is 2. The van der Waals surface area contributed by atoms with Gasteiger partial charge in [0.1, 0.15) is 0 Å². The van der Waals surface area contributed by atoms with Gasteiger partial charge in [-0.25, -0.2) is 0 Å². The summed E-state index contributed by atoms with van der Waals surface area (Å²) < 4.78 is 0. The highest BCUT2D eigenvalue weighted by Crippen LogP contribution is 2.21. The van der Waals surface area contributed by atoms with Crippen LogP contribution in [0.4, 0.5) is 0 Å². The van der Waals surface area contributed by atoms with Crippen LogP contribution in [0.5, 0.6) is 0 Å². The SMILES string of the molecule is Cc1ccc(C(=O)NN(C)C(=O)c2c(C)cccc2Cl)cc1C#Cc1cnc2ccc(Cl)cc2c1. The quantitative estimate of drug-likeness (QED) is 0.271. The lowest BCUT2D eigenvalue weighted by atomic mass is 10.0. The van der Waals surface area contributed by atoms with E-state index < -0.39 is 11.8 Å². The lowest BCUT2D eigenvalue weighted by Gasteiger charge is -2.20. The van der Waals surface area contributed by atoms with Crippen molar-refractivity contribution in [2.45, 2.75) is 13.8 Å². The van der Waals surface area contributed by atoms with E-state index in [9.17, 15) is 9.59 Å². The minimum absolute atomic E-state index is 0.328. The third-order valence-electron chi connectivity index (χ3n) is 5.49. The van der Waals surface area contributed by atoms with Gasteiger partial charge in [0.05, 0.1) is 16.1 Å². The number of amides is 2. The summed E-state index contributed by atoms with van der Waals surface area (Å²) in [6, 6.07) is 17.8. The zero-order chi connectivity index (χ0) is 25.1. The van der Waals surface area contributed by atoms with E-state index >= 15 is 0 Å². The lowest BCUT2D eigenvalue weighted by Crippen LogP contribution is -2.43. The molecule has 1 heterocycles. The molecule has 7 heteroatoms. The van der Waals surface area contributed by atoms with E-state index in [0.717, 1.165) is 32.6 Å². The van der Waals surface area contributed by atoms with Crippen LogP contribution < -0.4 is 5.43 Å². The van der Waals surface area contributed by atoms with Crippen LogP contribution in [0.1, 0.15) is 43.0 Å². The average Bonchev–Trinajstić information content (AvgIpc) is 2.82. The third-order valence-corrected chi connectivity index (χ3v) is 6.04. The van der Waals surface area contributed by atoms with Crippen LogP contribution in [0.15, 0.2) is 66.9 Å². The number of fused-ring (bicyclic) bond motifs is 1. The maximum absolute atomic E-state index is 12.9. The van der Waals surface area contributed by atoms with Crippen LogP contribution in [0.25, 0.3) is 10.9 Å². The minimum Gasteiger partial charge on any atom is -0.267 e. The molecule has 0 radical (unpaired) electrons. The van der Waals surface area contributed by atoms with Crippen molar-refractivity contribution in [3.05, 3.63) is 110 Å². The first-order chi connectivity index (χ1) is 16.7. The summed E-state index contributed by atoms with van der Waals surface area (Å²) in [6.45, 7) is 3.71. The van der Waals surface area contributed by atoms with E-state index in [1.807, 2.05) is 31.2 Å². The molecule has 0 saturated heterocycles. The van der Waals surface area contributed by atoms with Gasteiger partial charge in [-0.15, -0.1) is 0 Å². The second-order valence-electron chi connectivity index (χ2n) is 8.08. The van der Waals surface area contributed by atoms with Gasteiger partial charge < -0.3 is 0 Å². The molecule has 3 aromatic carbocycles. The van der Waals surface area contributed by atoms with E-state index in [2.05, 4.69) is 22.3 Å². The van der Waals surface area contributed by atoms with E-state index in [1.54, 1.807) is 49.5 Å². The van der Waals surface area contributed by atoms with Crippen molar-refractivity contribution in [1.29, 1.82) is 0 Å². The number of benzene rings is 3. The lowest BCUT2D eigenvalue weighted by molar-refractivity contribution is 0.0636. The van der Waals surface area contributed by atoms with Crippen molar-refractivity contribution in [2.24, 2.45) is 0 Å². The Balaban J connectivity index is 1.55. The maximum atomic E-state index is 12.9. The van der Waals surface area contributed by atoms with Gasteiger partial charge in [0.15, 0.2) is 0 Å². The molecule has 0 aliphatic heterocycles. The molecule has 0 unspecified atom stereocenters. The van der Waals surface area contributed by atoms with Crippen molar-refractivity contribution in [1.82, 2.24) is 15.4 Å². The van der Waals surface area contributed by atoms with Crippen molar-refractivity contribution < 1.29 is 9.59 Å². The van der Waals surface area contributed by atoms with Crippen molar-refractivity contribution >= 4 is 45.9 Å². The molecule has 0 aliphatic carbocycles. The Morgan fingerprint density at radius 3 is 2.51 bits per heavy atom. The van der Waals surface area contributed by atoms with Crippen LogP contribution >= 0.6 is 23.2 Å². The number of nitrogens with one attached hydrogen (secondary N) is 1. The van der Waals surface area contributed by atoms with E-state index in [4.69, 9.17) is 23.2 Å². The van der Waals surface area contributed by atoms with Crippen LogP contribution in [-0.4, -0.2) is 28.9 Å². The first-order valence-corrected chi connectivity index (χ1v) is 11.5. The molecule has 1 aromatic heterocycles. The summed E-state index contributed by atoms with van der Waals surface area (Å²) >= 11 is 12.3. The fourth-order valence-electron chi connectivity index (χ4n) is 3.55. The summed E-state index contributed by atoms with van der Waals surface area (Å²) in [4.78, 5) is 30.1. The van der Waals surface area contributed by atoms with Gasteiger partial charge in [0, 0.05) is 40.3 Å². The Kier molecular flexibility index (Phi) is 7.07. The van der Waals surface area contributed by atoms with E-state index in [0.29, 0.717) is 26.7 Å². The van der Waals surface area contributed by atoms with Gasteiger partial charge in [-0.1, -0.05) is 53.2 Å². The number of hydrogen-bond donors (Lipinski definition) is 1. The first kappa shape index (κ1) is 24.3. The molecular weight excluding hydrogens is 481 g/mol. The highest BCUT2D eigenvalue weighted by molar-refractivity contribution is 6.34. The van der Waals surface area contributed by atoms with Crippen molar-refractivity contribution in [2.75, 3.05) is 7.05 Å². The summed E-state index contributed by atoms with van der Waals surface area (Å²) in [5, 5.41) is 2.99. The molecule has 0 saturated carbocycles. The number of rotatable bonds is 2. The molecule has 0 bridgehead atoms. The van der Waals surface area contributed by atoms with Gasteiger partial charge in [-0.3, -0.25) is 25.0 Å². The van der Waals surface area contributed by atoms with Crippen LogP contribution in [0.2, 0.25) is 10.0 Å². The normalized spacial score (nSPS) is 10.4. The summed E-state index contributed by atoms with van der Waals surface area (Å²) in [6.07, 6.45) is 1.70. The molecule has 4 rings (SSSR count). The monoisotopic (exact) mass is 501 g/mol. The number of carbonyl (C=O) groups excluding carboxylic acids is 2. The highest BCUT2D eigenvalue weighted by atomic mass is 35.5. The van der Waals surface area contributed by atoms with Gasteiger partial charge >= 0.3 is 0 Å². The summed E-state index contributed by atoms with van der Waals surface area (Å²) in [5.74, 6) is 5.39. The molecule has 174 valence electrons. The highest BCUT2D eigenvalue weighted by Gasteiger charge is 2.20. The van der Waals surface area contributed by atoms with Gasteiger partial charge in [0.2, 0.25) is 0 Å². The number of aryl methyl sites for hydroxylation is 2. The smallest absolute Gasteiger partial charge is 0.267 e. The fraction of sp³-hybridized carbons (Fsp3) is 0.107.